The van der Waals surface area contributed by atoms with Crippen molar-refractivity contribution in [3.05, 3.63) is 34.5 Å². The van der Waals surface area contributed by atoms with Gasteiger partial charge in [0.25, 0.3) is 0 Å². The first-order valence-electron chi connectivity index (χ1n) is 8.42. The number of carbonyl (C=O) groups is 2. The third kappa shape index (κ3) is 3.61. The van der Waals surface area contributed by atoms with Crippen molar-refractivity contribution in [2.75, 3.05) is 0 Å². The van der Waals surface area contributed by atoms with E-state index in [4.69, 9.17) is 5.11 Å². The second-order valence-corrected chi connectivity index (χ2v) is 6.32. The first kappa shape index (κ1) is 18.0. The molecule has 0 radical (unpaired) electrons. The number of nitrogens with zero attached hydrogens (tertiary/aromatic N) is 1. The average molecular weight is 331 g/mol. The molecule has 0 unspecified atom stereocenters. The van der Waals surface area contributed by atoms with Crippen LogP contribution in [-0.2, 0) is 24.7 Å². The van der Waals surface area contributed by atoms with Crippen molar-refractivity contribution in [2.24, 2.45) is 7.05 Å². The summed E-state index contributed by atoms with van der Waals surface area (Å²) in [5.74, 6) is -1.75. The predicted molar refractivity (Wildman–Crippen MR) is 93.8 cm³/mol. The molecule has 2 N–H and O–H groups in total. The predicted octanol–water partition coefficient (Wildman–Crippen LogP) is 3.93. The summed E-state index contributed by atoms with van der Waals surface area (Å²) in [6.07, 6.45) is 4.73. The molecule has 0 spiro atoms. The minimum Gasteiger partial charge on any atom is -0.481 e. The quantitative estimate of drug-likeness (QED) is 0.718. The van der Waals surface area contributed by atoms with Gasteiger partial charge in [0.2, 0.25) is 0 Å². The highest BCUT2D eigenvalue weighted by molar-refractivity contribution is 5.97. The number of carboxylic acid groups (broad SMARTS) is 2. The first-order chi connectivity index (χ1) is 11.4. The maximum atomic E-state index is 11.4. The van der Waals surface area contributed by atoms with Crippen LogP contribution in [0, 0.1) is 6.92 Å². The molecule has 0 fully saturated rings. The van der Waals surface area contributed by atoms with Gasteiger partial charge in [0.15, 0.2) is 0 Å². The number of unbranched alkanes of at least 4 members (excludes halogenated alkanes) is 2. The van der Waals surface area contributed by atoms with Gasteiger partial charge in [0, 0.05) is 30.1 Å². The number of rotatable bonds is 8. The number of aliphatic carboxylic acids is 1. The number of carboxylic acids is 2. The topological polar surface area (TPSA) is 79.5 Å². The van der Waals surface area contributed by atoms with Crippen LogP contribution < -0.4 is 0 Å². The number of fused-ring (bicyclic) bond motifs is 1. The van der Waals surface area contributed by atoms with E-state index in [2.05, 4.69) is 6.92 Å². The van der Waals surface area contributed by atoms with Crippen LogP contribution in [0.3, 0.4) is 0 Å². The molecule has 2 rings (SSSR count). The largest absolute Gasteiger partial charge is 0.481 e. The highest BCUT2D eigenvalue weighted by Gasteiger charge is 2.19. The van der Waals surface area contributed by atoms with Crippen molar-refractivity contribution >= 4 is 22.8 Å². The lowest BCUT2D eigenvalue weighted by atomic mass is 9.99. The lowest BCUT2D eigenvalue weighted by Crippen LogP contribution is -2.03. The van der Waals surface area contributed by atoms with Crippen LogP contribution >= 0.6 is 0 Å². The maximum Gasteiger partial charge on any atom is 0.336 e. The smallest absolute Gasteiger partial charge is 0.336 e. The molecule has 24 heavy (non-hydrogen) atoms. The van der Waals surface area contributed by atoms with E-state index >= 15 is 0 Å². The van der Waals surface area contributed by atoms with Crippen molar-refractivity contribution in [3.63, 3.8) is 0 Å². The molecule has 0 saturated heterocycles. The van der Waals surface area contributed by atoms with Gasteiger partial charge < -0.3 is 14.8 Å². The zero-order valence-corrected chi connectivity index (χ0v) is 14.6. The molecule has 5 heteroatoms. The Labute approximate surface area is 141 Å². The molecule has 0 atom stereocenters. The third-order valence-electron chi connectivity index (χ3n) is 4.62. The summed E-state index contributed by atoms with van der Waals surface area (Å²) in [4.78, 5) is 22.4. The van der Waals surface area contributed by atoms with E-state index in [1.54, 1.807) is 13.0 Å². The molecule has 0 amide bonds. The summed E-state index contributed by atoms with van der Waals surface area (Å²) >= 11 is 0. The summed E-state index contributed by atoms with van der Waals surface area (Å²) in [6.45, 7) is 3.93. The standard InChI is InChI=1S/C19H25NO4/c1-4-5-6-7-16-13(8-9-18(21)22)15-10-12(2)14(19(23)24)11-17(15)20(16)3/h10-11H,4-9H2,1-3H3,(H,21,22)(H,23,24). The van der Waals surface area contributed by atoms with Crippen molar-refractivity contribution < 1.29 is 19.8 Å². The molecular formula is C19H25NO4. The maximum absolute atomic E-state index is 11.4. The Hall–Kier alpha value is -2.30. The summed E-state index contributed by atoms with van der Waals surface area (Å²) in [6, 6.07) is 3.60. The van der Waals surface area contributed by atoms with E-state index in [-0.39, 0.29) is 6.42 Å². The van der Waals surface area contributed by atoms with Crippen molar-refractivity contribution in [1.82, 2.24) is 4.57 Å². The van der Waals surface area contributed by atoms with E-state index in [9.17, 15) is 14.7 Å². The Bertz CT molecular complexity index is 774. The molecule has 0 bridgehead atoms. The van der Waals surface area contributed by atoms with Crippen molar-refractivity contribution in [2.45, 2.75) is 52.4 Å². The van der Waals surface area contributed by atoms with Crippen LogP contribution in [0.1, 0.15) is 59.8 Å². The molecule has 1 heterocycles. The van der Waals surface area contributed by atoms with Gasteiger partial charge in [0.05, 0.1) is 5.56 Å². The lowest BCUT2D eigenvalue weighted by Gasteiger charge is -2.07. The molecule has 5 nitrogen and oxygen atoms in total. The molecule has 1 aromatic heterocycles. The van der Waals surface area contributed by atoms with Gasteiger partial charge in [-0.3, -0.25) is 4.79 Å². The number of hydrogen-bond acceptors (Lipinski definition) is 2. The van der Waals surface area contributed by atoms with Crippen LogP contribution in [0.25, 0.3) is 10.9 Å². The van der Waals surface area contributed by atoms with Gasteiger partial charge in [-0.1, -0.05) is 19.8 Å². The van der Waals surface area contributed by atoms with Gasteiger partial charge >= 0.3 is 11.9 Å². The Balaban J connectivity index is 2.58. The molecule has 2 aromatic rings. The molecule has 0 aliphatic heterocycles. The van der Waals surface area contributed by atoms with Gasteiger partial charge in [-0.25, -0.2) is 4.79 Å². The molecular weight excluding hydrogens is 306 g/mol. The van der Waals surface area contributed by atoms with Crippen LogP contribution in [-0.4, -0.2) is 26.7 Å². The lowest BCUT2D eigenvalue weighted by molar-refractivity contribution is -0.136. The number of hydrogen-bond donors (Lipinski definition) is 2. The molecule has 0 aliphatic carbocycles. The fraction of sp³-hybridized carbons (Fsp3) is 0.474. The van der Waals surface area contributed by atoms with Crippen LogP contribution in [0.5, 0.6) is 0 Å². The minimum absolute atomic E-state index is 0.0830. The van der Waals surface area contributed by atoms with Crippen LogP contribution in [0.2, 0.25) is 0 Å². The summed E-state index contributed by atoms with van der Waals surface area (Å²) < 4.78 is 2.04. The van der Waals surface area contributed by atoms with Gasteiger partial charge in [-0.15, -0.1) is 0 Å². The van der Waals surface area contributed by atoms with E-state index in [1.165, 1.54) is 0 Å². The Morgan fingerprint density at radius 2 is 1.83 bits per heavy atom. The second kappa shape index (κ2) is 7.51. The molecule has 130 valence electrons. The summed E-state index contributed by atoms with van der Waals surface area (Å²) in [5, 5.41) is 19.4. The summed E-state index contributed by atoms with van der Waals surface area (Å²) in [5.41, 5.74) is 4.04. The van der Waals surface area contributed by atoms with Crippen molar-refractivity contribution in [3.8, 4) is 0 Å². The summed E-state index contributed by atoms with van der Waals surface area (Å²) in [7, 11) is 1.94. The first-order valence-corrected chi connectivity index (χ1v) is 8.42. The minimum atomic E-state index is -0.935. The van der Waals surface area contributed by atoms with Crippen molar-refractivity contribution in [1.29, 1.82) is 0 Å². The Morgan fingerprint density at radius 1 is 1.12 bits per heavy atom. The highest BCUT2D eigenvalue weighted by Crippen LogP contribution is 2.30. The fourth-order valence-corrected chi connectivity index (χ4v) is 3.32. The zero-order chi connectivity index (χ0) is 17.9. The second-order valence-electron chi connectivity index (χ2n) is 6.32. The monoisotopic (exact) mass is 331 g/mol. The zero-order valence-electron chi connectivity index (χ0n) is 14.6. The highest BCUT2D eigenvalue weighted by atomic mass is 16.4. The normalized spacial score (nSPS) is 11.1. The number of aromatic carboxylic acids is 1. The molecule has 0 saturated carbocycles. The number of benzene rings is 1. The van der Waals surface area contributed by atoms with Gasteiger partial charge in [-0.05, 0) is 49.4 Å². The molecule has 1 aromatic carbocycles. The number of aryl methyl sites for hydroxylation is 3. The van der Waals surface area contributed by atoms with E-state index < -0.39 is 11.9 Å². The van der Waals surface area contributed by atoms with Crippen LogP contribution in [0.4, 0.5) is 0 Å². The van der Waals surface area contributed by atoms with E-state index in [0.29, 0.717) is 17.5 Å². The van der Waals surface area contributed by atoms with Gasteiger partial charge in [-0.2, -0.15) is 0 Å². The fourth-order valence-electron chi connectivity index (χ4n) is 3.32. The Morgan fingerprint density at radius 3 is 2.42 bits per heavy atom. The average Bonchev–Trinajstić information content (AvgIpc) is 2.76. The van der Waals surface area contributed by atoms with Crippen LogP contribution in [0.15, 0.2) is 12.1 Å². The SMILES string of the molecule is CCCCCc1c(CCC(=O)O)c2cc(C)c(C(=O)O)cc2n1C. The third-order valence-corrected chi connectivity index (χ3v) is 4.62. The van der Waals surface area contributed by atoms with E-state index in [1.807, 2.05) is 17.7 Å². The molecule has 0 aliphatic rings. The van der Waals surface area contributed by atoms with E-state index in [0.717, 1.165) is 47.8 Å². The Kier molecular flexibility index (Phi) is 5.65. The number of aromatic nitrogens is 1. The van der Waals surface area contributed by atoms with Gasteiger partial charge in [0.1, 0.15) is 0 Å².